The molecule has 0 bridgehead atoms. The van der Waals surface area contributed by atoms with Gasteiger partial charge in [-0.05, 0) is 35.9 Å². The van der Waals surface area contributed by atoms with Gasteiger partial charge in [-0.15, -0.1) is 22.0 Å². The summed E-state index contributed by atoms with van der Waals surface area (Å²) in [5.74, 6) is -0.139. The van der Waals surface area contributed by atoms with E-state index in [1.54, 1.807) is 24.3 Å². The molecule has 8 nitrogen and oxygen atoms in total. The highest BCUT2D eigenvalue weighted by atomic mass is 35.5. The number of hydrogen-bond acceptors (Lipinski definition) is 6. The van der Waals surface area contributed by atoms with Crippen LogP contribution in [0.15, 0.2) is 24.3 Å². The third kappa shape index (κ3) is 5.71. The Morgan fingerprint density at radius 1 is 1.36 bits per heavy atom. The number of halogens is 1. The number of aliphatic carboxylic acids is 1. The van der Waals surface area contributed by atoms with E-state index in [4.69, 9.17) is 16.7 Å². The van der Waals surface area contributed by atoms with E-state index < -0.39 is 12.0 Å². The molecule has 1 aromatic heterocycles. The van der Waals surface area contributed by atoms with Gasteiger partial charge in [-0.2, -0.15) is 4.80 Å². The molecular weight excluding hydrogens is 366 g/mol. The van der Waals surface area contributed by atoms with Crippen molar-refractivity contribution in [3.8, 4) is 11.4 Å². The Balaban J connectivity index is 1.94. The molecule has 1 amide bonds. The predicted molar refractivity (Wildman–Crippen MR) is 95.6 cm³/mol. The number of nitrogens with one attached hydrogen (secondary N) is 1. The second-order valence-electron chi connectivity index (χ2n) is 5.10. The van der Waals surface area contributed by atoms with Crippen molar-refractivity contribution in [2.75, 3.05) is 18.1 Å². The van der Waals surface area contributed by atoms with E-state index in [1.807, 2.05) is 6.92 Å². The lowest BCUT2D eigenvalue weighted by atomic mass is 10.2. The number of nitrogens with zero attached hydrogens (tertiary/aromatic N) is 4. The largest absolute Gasteiger partial charge is 0.481 e. The Bertz CT molecular complexity index is 722. The summed E-state index contributed by atoms with van der Waals surface area (Å²) < 4.78 is 0. The van der Waals surface area contributed by atoms with Crippen molar-refractivity contribution >= 4 is 35.2 Å². The van der Waals surface area contributed by atoms with Gasteiger partial charge in [0.15, 0.2) is 6.04 Å². The van der Waals surface area contributed by atoms with Gasteiger partial charge in [-0.1, -0.05) is 18.5 Å². The number of rotatable bonds is 9. The van der Waals surface area contributed by atoms with Crippen molar-refractivity contribution in [1.29, 1.82) is 0 Å². The minimum absolute atomic E-state index is 0.0160. The van der Waals surface area contributed by atoms with Crippen LogP contribution >= 0.6 is 23.4 Å². The van der Waals surface area contributed by atoms with Gasteiger partial charge in [0.1, 0.15) is 0 Å². The molecule has 1 heterocycles. The molecule has 0 aliphatic heterocycles. The lowest BCUT2D eigenvalue weighted by Crippen LogP contribution is -2.34. The van der Waals surface area contributed by atoms with E-state index in [-0.39, 0.29) is 11.7 Å². The van der Waals surface area contributed by atoms with Crippen molar-refractivity contribution in [3.63, 3.8) is 0 Å². The highest BCUT2D eigenvalue weighted by Gasteiger charge is 2.21. The number of thioether (sulfide) groups is 1. The first-order valence-electron chi connectivity index (χ1n) is 7.64. The van der Waals surface area contributed by atoms with Crippen LogP contribution in [-0.2, 0) is 9.59 Å². The van der Waals surface area contributed by atoms with Crippen molar-refractivity contribution in [2.24, 2.45) is 0 Å². The molecule has 1 unspecified atom stereocenters. The fourth-order valence-electron chi connectivity index (χ4n) is 2.05. The quantitative estimate of drug-likeness (QED) is 0.636. The summed E-state index contributed by atoms with van der Waals surface area (Å²) in [7, 11) is 0. The molecule has 2 rings (SSSR count). The number of carboxylic acids is 1. The molecule has 1 aromatic carbocycles. The van der Waals surface area contributed by atoms with Crippen molar-refractivity contribution in [3.05, 3.63) is 29.3 Å². The van der Waals surface area contributed by atoms with E-state index in [2.05, 4.69) is 20.7 Å². The van der Waals surface area contributed by atoms with E-state index in [1.165, 1.54) is 16.6 Å². The van der Waals surface area contributed by atoms with Crippen molar-refractivity contribution < 1.29 is 14.7 Å². The SMILES string of the molecule is CCC(C(=O)NCCSCC(=O)O)n1nnc(-c2ccc(Cl)cc2)n1. The van der Waals surface area contributed by atoms with Crippen LogP contribution in [0.5, 0.6) is 0 Å². The van der Waals surface area contributed by atoms with Crippen LogP contribution < -0.4 is 5.32 Å². The van der Waals surface area contributed by atoms with Crippen LogP contribution in [0.2, 0.25) is 5.02 Å². The van der Waals surface area contributed by atoms with Crippen LogP contribution in [-0.4, -0.2) is 55.2 Å². The summed E-state index contributed by atoms with van der Waals surface area (Å²) in [4.78, 5) is 24.0. The van der Waals surface area contributed by atoms with Gasteiger partial charge in [0.05, 0.1) is 5.75 Å². The maximum absolute atomic E-state index is 12.3. The monoisotopic (exact) mass is 383 g/mol. The van der Waals surface area contributed by atoms with Crippen LogP contribution in [0.25, 0.3) is 11.4 Å². The summed E-state index contributed by atoms with van der Waals surface area (Å²) in [6, 6.07) is 6.46. The lowest BCUT2D eigenvalue weighted by molar-refractivity contribution is -0.134. The highest BCUT2D eigenvalue weighted by Crippen LogP contribution is 2.18. The topological polar surface area (TPSA) is 110 Å². The maximum atomic E-state index is 12.3. The van der Waals surface area contributed by atoms with Crippen LogP contribution in [0.3, 0.4) is 0 Å². The Morgan fingerprint density at radius 2 is 2.08 bits per heavy atom. The van der Waals surface area contributed by atoms with Gasteiger partial charge >= 0.3 is 5.97 Å². The van der Waals surface area contributed by atoms with Gasteiger partial charge in [-0.25, -0.2) is 0 Å². The molecule has 0 spiro atoms. The maximum Gasteiger partial charge on any atom is 0.313 e. The van der Waals surface area contributed by atoms with E-state index in [0.717, 1.165) is 5.56 Å². The minimum Gasteiger partial charge on any atom is -0.481 e. The van der Waals surface area contributed by atoms with Gasteiger partial charge in [0.25, 0.3) is 0 Å². The number of carboxylic acid groups (broad SMARTS) is 1. The first-order valence-corrected chi connectivity index (χ1v) is 9.17. The van der Waals surface area contributed by atoms with Gasteiger partial charge in [-0.3, -0.25) is 9.59 Å². The van der Waals surface area contributed by atoms with Gasteiger partial charge < -0.3 is 10.4 Å². The standard InChI is InChI=1S/C15H18ClN5O3S/c1-2-12(15(24)17-7-8-25-9-13(22)23)21-19-14(18-20-21)10-3-5-11(16)6-4-10/h3-6,12H,2,7-9H2,1H3,(H,17,24)(H,22,23). The first-order chi connectivity index (χ1) is 12.0. The second-order valence-corrected chi connectivity index (χ2v) is 6.64. The molecule has 2 N–H and O–H groups in total. The number of tetrazole rings is 1. The van der Waals surface area contributed by atoms with E-state index >= 15 is 0 Å². The molecule has 25 heavy (non-hydrogen) atoms. The summed E-state index contributed by atoms with van der Waals surface area (Å²) in [6.45, 7) is 2.24. The Labute approximate surface area is 153 Å². The zero-order valence-electron chi connectivity index (χ0n) is 13.6. The number of carbonyl (C=O) groups excluding carboxylic acids is 1. The number of amides is 1. The van der Waals surface area contributed by atoms with Crippen LogP contribution in [0.1, 0.15) is 19.4 Å². The predicted octanol–water partition coefficient (Wildman–Crippen LogP) is 1.88. The zero-order chi connectivity index (χ0) is 18.2. The zero-order valence-corrected chi connectivity index (χ0v) is 15.1. The second kappa shape index (κ2) is 9.38. The summed E-state index contributed by atoms with van der Waals surface area (Å²) in [5.41, 5.74) is 0.760. The molecule has 0 saturated heterocycles. The fraction of sp³-hybridized carbons (Fsp3) is 0.400. The molecule has 0 fully saturated rings. The van der Waals surface area contributed by atoms with Gasteiger partial charge in [0.2, 0.25) is 11.7 Å². The summed E-state index contributed by atoms with van der Waals surface area (Å²) in [6.07, 6.45) is 0.504. The van der Waals surface area contributed by atoms with Crippen molar-refractivity contribution in [1.82, 2.24) is 25.5 Å². The molecule has 0 aliphatic carbocycles. The Hall–Kier alpha value is -2.13. The van der Waals surface area contributed by atoms with Crippen LogP contribution in [0.4, 0.5) is 0 Å². The average molecular weight is 384 g/mol. The smallest absolute Gasteiger partial charge is 0.313 e. The molecule has 1 atom stereocenters. The molecule has 0 radical (unpaired) electrons. The number of hydrogen-bond donors (Lipinski definition) is 2. The number of benzene rings is 1. The fourth-order valence-corrected chi connectivity index (χ4v) is 2.74. The average Bonchev–Trinajstić information content (AvgIpc) is 3.05. The molecule has 10 heteroatoms. The molecule has 134 valence electrons. The normalized spacial score (nSPS) is 11.9. The Morgan fingerprint density at radius 3 is 2.72 bits per heavy atom. The molecule has 0 saturated carbocycles. The summed E-state index contributed by atoms with van der Waals surface area (Å²) in [5, 5.41) is 24.2. The summed E-state index contributed by atoms with van der Waals surface area (Å²) >= 11 is 7.10. The van der Waals surface area contributed by atoms with Gasteiger partial charge in [0, 0.05) is 22.9 Å². The molecular formula is C15H18ClN5O3S. The van der Waals surface area contributed by atoms with E-state index in [0.29, 0.717) is 29.6 Å². The lowest BCUT2D eigenvalue weighted by Gasteiger charge is -2.13. The minimum atomic E-state index is -0.871. The third-order valence-corrected chi connectivity index (χ3v) is 4.47. The third-order valence-electron chi connectivity index (χ3n) is 3.27. The first kappa shape index (κ1) is 19.2. The Kier molecular flexibility index (Phi) is 7.20. The number of aromatic nitrogens is 4. The molecule has 2 aromatic rings. The highest BCUT2D eigenvalue weighted by molar-refractivity contribution is 7.99. The van der Waals surface area contributed by atoms with E-state index in [9.17, 15) is 9.59 Å². The number of carbonyl (C=O) groups is 2. The van der Waals surface area contributed by atoms with Crippen LogP contribution in [0, 0.1) is 0 Å². The van der Waals surface area contributed by atoms with Crippen molar-refractivity contribution in [2.45, 2.75) is 19.4 Å². The molecule has 0 aliphatic rings.